The van der Waals surface area contributed by atoms with E-state index in [1.54, 1.807) is 0 Å². The van der Waals surface area contributed by atoms with Gasteiger partial charge in [0, 0.05) is 30.1 Å². The summed E-state index contributed by atoms with van der Waals surface area (Å²) in [6.07, 6.45) is -0.124. The number of azide groups is 1. The number of H-pyrrole nitrogens is 1. The monoisotopic (exact) mass is 473 g/mol. The van der Waals surface area contributed by atoms with Crippen LogP contribution in [0.2, 0.25) is 0 Å². The highest BCUT2D eigenvalue weighted by Gasteiger charge is 2.38. The molecule has 5 atom stereocenters. The Bertz CT molecular complexity index is 1030. The van der Waals surface area contributed by atoms with Gasteiger partial charge in [0.1, 0.15) is 6.23 Å². The predicted octanol–water partition coefficient (Wildman–Crippen LogP) is 0.679. The number of hydrogen-bond acceptors (Lipinski definition) is 7. The van der Waals surface area contributed by atoms with Crippen molar-refractivity contribution in [3.8, 4) is 0 Å². The van der Waals surface area contributed by atoms with Crippen LogP contribution in [0.15, 0.2) is 20.9 Å². The molecule has 4 N–H and O–H groups in total. The van der Waals surface area contributed by atoms with E-state index in [9.17, 15) is 23.8 Å². The number of hydrogen-bond donors (Lipinski definition) is 4. The van der Waals surface area contributed by atoms with Gasteiger partial charge >= 0.3 is 13.4 Å². The number of carbonyl (C=O) groups is 1. The van der Waals surface area contributed by atoms with Crippen LogP contribution < -0.4 is 21.7 Å². The van der Waals surface area contributed by atoms with Gasteiger partial charge in [0.15, 0.2) is 0 Å². The van der Waals surface area contributed by atoms with E-state index in [2.05, 4.69) is 25.4 Å². The van der Waals surface area contributed by atoms with Crippen LogP contribution in [0.5, 0.6) is 0 Å². The van der Waals surface area contributed by atoms with Gasteiger partial charge in [-0.2, -0.15) is 0 Å². The van der Waals surface area contributed by atoms with Crippen LogP contribution >= 0.6 is 7.75 Å². The Balaban J connectivity index is 2.13. The number of aromatic amines is 1. The van der Waals surface area contributed by atoms with E-state index in [0.29, 0.717) is 6.42 Å². The summed E-state index contributed by atoms with van der Waals surface area (Å²) in [4.78, 5) is 50.8. The third-order valence-electron chi connectivity index (χ3n) is 4.86. The molecule has 1 aliphatic heterocycles. The first kappa shape index (κ1) is 25.8. The topological polar surface area (TPSA) is 201 Å². The molecule has 1 amide bonds. The Labute approximate surface area is 183 Å². The van der Waals surface area contributed by atoms with Gasteiger partial charge in [0.2, 0.25) is 5.91 Å². The summed E-state index contributed by atoms with van der Waals surface area (Å²) in [5, 5.41) is 8.39. The SMILES string of the molecule is CNC(=O)[C@H](CC(C)C)NP(=O)(O)OC[C@H]1OC(n2cc(C)c(=O)[nH]c2=O)C[C@H]1N=[N+]=[N-]. The van der Waals surface area contributed by atoms with Crippen molar-refractivity contribution in [1.29, 1.82) is 0 Å². The number of ether oxygens (including phenoxy) is 1. The summed E-state index contributed by atoms with van der Waals surface area (Å²) < 4.78 is 24.5. The molecular weight excluding hydrogens is 445 g/mol. The van der Waals surface area contributed by atoms with Gasteiger partial charge in [-0.05, 0) is 24.8 Å². The molecule has 0 radical (unpaired) electrons. The smallest absolute Gasteiger partial charge is 0.358 e. The highest BCUT2D eigenvalue weighted by molar-refractivity contribution is 7.50. The Morgan fingerprint density at radius 1 is 1.53 bits per heavy atom. The second kappa shape index (κ2) is 10.9. The van der Waals surface area contributed by atoms with E-state index < -0.39 is 55.9 Å². The number of rotatable bonds is 10. The summed E-state index contributed by atoms with van der Waals surface area (Å²) in [7, 11) is -3.01. The number of carbonyl (C=O) groups excluding carboxylic acids is 1. The molecule has 178 valence electrons. The first-order valence-corrected chi connectivity index (χ1v) is 11.5. The molecule has 1 aromatic heterocycles. The minimum Gasteiger partial charge on any atom is -0.358 e. The second-order valence-corrected chi connectivity index (χ2v) is 9.41. The Kier molecular flexibility index (Phi) is 8.79. The Morgan fingerprint density at radius 3 is 2.81 bits per heavy atom. The van der Waals surface area contributed by atoms with Crippen LogP contribution in [0.4, 0.5) is 0 Å². The van der Waals surface area contributed by atoms with Crippen molar-refractivity contribution in [1.82, 2.24) is 20.0 Å². The van der Waals surface area contributed by atoms with E-state index >= 15 is 0 Å². The maximum absolute atomic E-state index is 12.5. The van der Waals surface area contributed by atoms with Gasteiger partial charge in [-0.1, -0.05) is 19.0 Å². The fourth-order valence-electron chi connectivity index (χ4n) is 3.30. The fourth-order valence-corrected chi connectivity index (χ4v) is 4.34. The molecule has 2 unspecified atom stereocenters. The maximum atomic E-state index is 12.5. The highest BCUT2D eigenvalue weighted by atomic mass is 31.2. The van der Waals surface area contributed by atoms with Crippen molar-refractivity contribution in [3.05, 3.63) is 43.0 Å². The molecule has 0 spiro atoms. The van der Waals surface area contributed by atoms with Crippen molar-refractivity contribution >= 4 is 13.7 Å². The molecule has 1 fully saturated rings. The maximum Gasteiger partial charge on any atom is 0.403 e. The summed E-state index contributed by atoms with van der Waals surface area (Å²) in [5.41, 5.74) is 7.88. The average Bonchev–Trinajstić information content (AvgIpc) is 3.10. The third-order valence-corrected chi connectivity index (χ3v) is 6.00. The zero-order valence-electron chi connectivity index (χ0n) is 18.2. The van der Waals surface area contributed by atoms with Crippen LogP contribution in [-0.2, 0) is 18.6 Å². The summed E-state index contributed by atoms with van der Waals surface area (Å²) >= 11 is 0. The summed E-state index contributed by atoms with van der Waals surface area (Å²) in [5.74, 6) is -0.398. The number of nitrogens with zero attached hydrogens (tertiary/aromatic N) is 4. The van der Waals surface area contributed by atoms with Crippen molar-refractivity contribution in [2.24, 2.45) is 11.0 Å². The molecule has 0 saturated carbocycles. The largest absolute Gasteiger partial charge is 0.403 e. The molecule has 1 aromatic rings. The first-order valence-electron chi connectivity index (χ1n) is 9.95. The lowest BCUT2D eigenvalue weighted by atomic mass is 10.0. The minimum atomic E-state index is -4.43. The number of likely N-dealkylation sites (N-methyl/N-ethyl adjacent to an activating group) is 1. The molecule has 1 saturated heterocycles. The van der Waals surface area contributed by atoms with Crippen LogP contribution in [0.3, 0.4) is 0 Å². The van der Waals surface area contributed by atoms with Gasteiger partial charge in [-0.15, -0.1) is 0 Å². The molecule has 14 nitrogen and oxygen atoms in total. The van der Waals surface area contributed by atoms with Crippen LogP contribution in [0.25, 0.3) is 10.4 Å². The van der Waals surface area contributed by atoms with Crippen molar-refractivity contribution in [3.63, 3.8) is 0 Å². The Morgan fingerprint density at radius 2 is 2.22 bits per heavy atom. The van der Waals surface area contributed by atoms with E-state index in [4.69, 9.17) is 14.8 Å². The molecule has 0 aromatic carbocycles. The van der Waals surface area contributed by atoms with E-state index in [1.165, 1.54) is 20.2 Å². The van der Waals surface area contributed by atoms with Crippen LogP contribution in [0, 0.1) is 12.8 Å². The van der Waals surface area contributed by atoms with E-state index in [-0.39, 0.29) is 17.9 Å². The lowest BCUT2D eigenvalue weighted by Crippen LogP contribution is -2.42. The molecule has 0 bridgehead atoms. The van der Waals surface area contributed by atoms with Gasteiger partial charge in [-0.3, -0.25) is 23.7 Å². The summed E-state index contributed by atoms with van der Waals surface area (Å²) in [6, 6.07) is -1.75. The van der Waals surface area contributed by atoms with Gasteiger partial charge < -0.3 is 14.9 Å². The van der Waals surface area contributed by atoms with Crippen molar-refractivity contribution < 1.29 is 23.5 Å². The second-order valence-electron chi connectivity index (χ2n) is 7.86. The zero-order chi connectivity index (χ0) is 24.1. The molecule has 2 rings (SSSR count). The number of nitrogens with one attached hydrogen (secondary N) is 3. The fraction of sp³-hybridized carbons (Fsp3) is 0.706. The molecule has 1 aliphatic rings. The zero-order valence-corrected chi connectivity index (χ0v) is 19.1. The van der Waals surface area contributed by atoms with Crippen LogP contribution in [-0.4, -0.2) is 52.2 Å². The molecule has 2 heterocycles. The Hall–Kier alpha value is -2.47. The predicted molar refractivity (Wildman–Crippen MR) is 114 cm³/mol. The number of aromatic nitrogens is 2. The highest BCUT2D eigenvalue weighted by Crippen LogP contribution is 2.40. The lowest BCUT2D eigenvalue weighted by molar-refractivity contribution is -0.122. The van der Waals surface area contributed by atoms with Gasteiger partial charge in [0.25, 0.3) is 5.56 Å². The quantitative estimate of drug-likeness (QED) is 0.164. The molecule has 0 aliphatic carbocycles. The van der Waals surface area contributed by atoms with Gasteiger partial charge in [0.05, 0.1) is 24.8 Å². The summed E-state index contributed by atoms with van der Waals surface area (Å²) in [6.45, 7) is 4.79. The van der Waals surface area contributed by atoms with Crippen LogP contribution in [0.1, 0.15) is 38.5 Å². The van der Waals surface area contributed by atoms with Gasteiger partial charge in [-0.25, -0.2) is 14.4 Å². The molecule has 15 heteroatoms. The first-order chi connectivity index (χ1) is 15.0. The molecule has 32 heavy (non-hydrogen) atoms. The average molecular weight is 473 g/mol. The van der Waals surface area contributed by atoms with E-state index in [1.807, 2.05) is 13.8 Å². The van der Waals surface area contributed by atoms with Crippen molar-refractivity contribution in [2.45, 2.75) is 58.0 Å². The van der Waals surface area contributed by atoms with Crippen molar-refractivity contribution in [2.75, 3.05) is 13.7 Å². The molecular formula is C17H28N7O7P. The normalized spacial score (nSPS) is 23.4. The number of amides is 1. The van der Waals surface area contributed by atoms with E-state index in [0.717, 1.165) is 4.57 Å². The lowest BCUT2D eigenvalue weighted by Gasteiger charge is -2.23. The third kappa shape index (κ3) is 6.76. The minimum absolute atomic E-state index is 0.0668. The standard InChI is InChI=1S/C17H28N7O7P/c1-9(2)5-12(16(26)19-4)22-32(28,29)30-8-13-11(21-23-18)6-14(31-13)24-7-10(3)15(25)20-17(24)27/h7,9,11-14H,5-6,8H2,1-4H3,(H,19,26)(H,20,25,27)(H2,22,28,29)/t11-,12+,13-,14?/m1/s1. The number of aryl methyl sites for hydroxylation is 1.